The number of benzene rings is 1. The maximum absolute atomic E-state index is 11.8. The normalized spacial score (nSPS) is 16.3. The first-order chi connectivity index (χ1) is 9.24. The summed E-state index contributed by atoms with van der Waals surface area (Å²) in [6, 6.07) is 7.15. The van der Waals surface area contributed by atoms with E-state index < -0.39 is 0 Å². The predicted octanol–water partition coefficient (Wildman–Crippen LogP) is 2.39. The molecule has 5 heteroatoms. The van der Waals surface area contributed by atoms with Gasteiger partial charge in [0, 0.05) is 30.2 Å². The molecule has 0 unspecified atom stereocenters. The highest BCUT2D eigenvalue weighted by atomic mass is 35.5. The van der Waals surface area contributed by atoms with E-state index in [1.54, 1.807) is 12.1 Å². The van der Waals surface area contributed by atoms with Gasteiger partial charge >= 0.3 is 0 Å². The van der Waals surface area contributed by atoms with E-state index >= 15 is 0 Å². The van der Waals surface area contributed by atoms with Crippen LogP contribution < -0.4 is 5.32 Å². The van der Waals surface area contributed by atoms with Crippen molar-refractivity contribution in [3.05, 3.63) is 29.3 Å². The third-order valence-corrected chi connectivity index (χ3v) is 3.36. The van der Waals surface area contributed by atoms with Crippen molar-refractivity contribution in [2.75, 3.05) is 38.2 Å². The van der Waals surface area contributed by atoms with E-state index in [1.807, 2.05) is 12.1 Å². The number of nitrogens with one attached hydrogen (secondary N) is 1. The average molecular weight is 283 g/mol. The molecule has 0 saturated carbocycles. The highest BCUT2D eigenvalue weighted by Crippen LogP contribution is 2.13. The van der Waals surface area contributed by atoms with Crippen molar-refractivity contribution in [1.29, 1.82) is 0 Å². The molecule has 1 saturated heterocycles. The van der Waals surface area contributed by atoms with Gasteiger partial charge in [-0.15, -0.1) is 0 Å². The number of hydrogen-bond acceptors (Lipinski definition) is 3. The third-order valence-electron chi connectivity index (χ3n) is 3.11. The molecule has 0 bridgehead atoms. The molecule has 19 heavy (non-hydrogen) atoms. The minimum Gasteiger partial charge on any atom is -0.379 e. The maximum atomic E-state index is 11.8. The Balaban J connectivity index is 1.65. The van der Waals surface area contributed by atoms with Crippen LogP contribution in [0.3, 0.4) is 0 Å². The smallest absolute Gasteiger partial charge is 0.224 e. The van der Waals surface area contributed by atoms with Gasteiger partial charge in [0.25, 0.3) is 0 Å². The highest BCUT2D eigenvalue weighted by Gasteiger charge is 2.10. The number of anilines is 1. The molecule has 0 atom stereocenters. The van der Waals surface area contributed by atoms with Crippen molar-refractivity contribution >= 4 is 23.2 Å². The number of carbonyl (C=O) groups excluding carboxylic acids is 1. The van der Waals surface area contributed by atoms with Crippen LogP contribution in [0.4, 0.5) is 5.69 Å². The Morgan fingerprint density at radius 3 is 2.63 bits per heavy atom. The average Bonchev–Trinajstić information content (AvgIpc) is 2.43. The fourth-order valence-electron chi connectivity index (χ4n) is 2.04. The van der Waals surface area contributed by atoms with Crippen LogP contribution in [0.2, 0.25) is 5.02 Å². The molecule has 2 rings (SSSR count). The van der Waals surface area contributed by atoms with E-state index in [-0.39, 0.29) is 5.91 Å². The van der Waals surface area contributed by atoms with Gasteiger partial charge < -0.3 is 10.1 Å². The molecule has 104 valence electrons. The molecule has 1 aliphatic rings. The zero-order chi connectivity index (χ0) is 13.5. The van der Waals surface area contributed by atoms with Gasteiger partial charge in [0.1, 0.15) is 0 Å². The van der Waals surface area contributed by atoms with Crippen molar-refractivity contribution < 1.29 is 9.53 Å². The topological polar surface area (TPSA) is 41.6 Å². The second-order valence-electron chi connectivity index (χ2n) is 4.61. The Hall–Kier alpha value is -1.10. The first-order valence-electron chi connectivity index (χ1n) is 6.59. The van der Waals surface area contributed by atoms with Crippen LogP contribution >= 0.6 is 11.6 Å². The molecule has 0 radical (unpaired) electrons. The molecule has 0 aliphatic carbocycles. The Morgan fingerprint density at radius 2 is 1.95 bits per heavy atom. The lowest BCUT2D eigenvalue weighted by Crippen LogP contribution is -2.37. The second kappa shape index (κ2) is 7.48. The van der Waals surface area contributed by atoms with Gasteiger partial charge in [0.15, 0.2) is 0 Å². The van der Waals surface area contributed by atoms with Gasteiger partial charge in [0.05, 0.1) is 13.2 Å². The molecule has 1 fully saturated rings. The number of rotatable bonds is 5. The number of nitrogens with zero attached hydrogens (tertiary/aromatic N) is 1. The molecule has 0 aromatic heterocycles. The van der Waals surface area contributed by atoms with Crippen LogP contribution in [0.5, 0.6) is 0 Å². The Morgan fingerprint density at radius 1 is 1.26 bits per heavy atom. The summed E-state index contributed by atoms with van der Waals surface area (Å²) >= 11 is 5.79. The summed E-state index contributed by atoms with van der Waals surface area (Å²) in [5.74, 6) is 0.0515. The molecule has 4 nitrogen and oxygen atoms in total. The van der Waals surface area contributed by atoms with Crippen molar-refractivity contribution in [1.82, 2.24) is 4.90 Å². The molecule has 1 amide bonds. The van der Waals surface area contributed by atoms with Crippen molar-refractivity contribution in [2.45, 2.75) is 12.8 Å². The third kappa shape index (κ3) is 5.19. The number of morpholine rings is 1. The fraction of sp³-hybridized carbons (Fsp3) is 0.500. The van der Waals surface area contributed by atoms with Crippen LogP contribution in [0.1, 0.15) is 12.8 Å². The summed E-state index contributed by atoms with van der Waals surface area (Å²) in [7, 11) is 0. The van der Waals surface area contributed by atoms with Crippen LogP contribution in [-0.4, -0.2) is 43.7 Å². The SMILES string of the molecule is O=C(CCCN1CCOCC1)Nc1ccc(Cl)cc1. The van der Waals surface area contributed by atoms with E-state index in [4.69, 9.17) is 16.3 Å². The lowest BCUT2D eigenvalue weighted by molar-refractivity contribution is -0.116. The molecule has 1 N–H and O–H groups in total. The number of hydrogen-bond donors (Lipinski definition) is 1. The van der Waals surface area contributed by atoms with E-state index in [1.165, 1.54) is 0 Å². The molecule has 1 heterocycles. The minimum absolute atomic E-state index is 0.0515. The summed E-state index contributed by atoms with van der Waals surface area (Å²) in [6.45, 7) is 4.50. The summed E-state index contributed by atoms with van der Waals surface area (Å²) < 4.78 is 5.28. The molecule has 0 spiro atoms. The van der Waals surface area contributed by atoms with Crippen LogP contribution in [0.25, 0.3) is 0 Å². The van der Waals surface area contributed by atoms with Crippen molar-refractivity contribution in [2.24, 2.45) is 0 Å². The zero-order valence-electron chi connectivity index (χ0n) is 10.9. The standard InChI is InChI=1S/C14H19ClN2O2/c15-12-3-5-13(6-4-12)16-14(18)2-1-7-17-8-10-19-11-9-17/h3-6H,1-2,7-11H2,(H,16,18). The minimum atomic E-state index is 0.0515. The van der Waals surface area contributed by atoms with E-state index in [9.17, 15) is 4.79 Å². The molecular formula is C14H19ClN2O2. The Bertz CT molecular complexity index is 402. The van der Waals surface area contributed by atoms with Crippen molar-refractivity contribution in [3.63, 3.8) is 0 Å². The summed E-state index contributed by atoms with van der Waals surface area (Å²) in [5.41, 5.74) is 0.792. The number of carbonyl (C=O) groups is 1. The highest BCUT2D eigenvalue weighted by molar-refractivity contribution is 6.30. The van der Waals surface area contributed by atoms with E-state index in [0.29, 0.717) is 11.4 Å². The second-order valence-corrected chi connectivity index (χ2v) is 5.05. The summed E-state index contributed by atoms with van der Waals surface area (Å²) in [4.78, 5) is 14.1. The molecule has 1 aromatic carbocycles. The predicted molar refractivity (Wildman–Crippen MR) is 76.6 cm³/mol. The first kappa shape index (κ1) is 14.3. The molecular weight excluding hydrogens is 264 g/mol. The van der Waals surface area contributed by atoms with Gasteiger partial charge in [-0.05, 0) is 37.2 Å². The summed E-state index contributed by atoms with van der Waals surface area (Å²) in [6.07, 6.45) is 1.42. The largest absolute Gasteiger partial charge is 0.379 e. The van der Waals surface area contributed by atoms with Crippen LogP contribution in [-0.2, 0) is 9.53 Å². The zero-order valence-corrected chi connectivity index (χ0v) is 11.7. The Kier molecular flexibility index (Phi) is 5.63. The monoisotopic (exact) mass is 282 g/mol. The van der Waals surface area contributed by atoms with Gasteiger partial charge in [-0.25, -0.2) is 0 Å². The van der Waals surface area contributed by atoms with Gasteiger partial charge in [-0.1, -0.05) is 11.6 Å². The van der Waals surface area contributed by atoms with Gasteiger partial charge in [0.2, 0.25) is 5.91 Å². The van der Waals surface area contributed by atoms with Crippen LogP contribution in [0.15, 0.2) is 24.3 Å². The molecule has 1 aromatic rings. The van der Waals surface area contributed by atoms with E-state index in [2.05, 4.69) is 10.2 Å². The number of ether oxygens (including phenoxy) is 1. The van der Waals surface area contributed by atoms with E-state index in [0.717, 1.165) is 45.0 Å². The number of halogens is 1. The number of amides is 1. The fourth-order valence-corrected chi connectivity index (χ4v) is 2.17. The van der Waals surface area contributed by atoms with Crippen molar-refractivity contribution in [3.8, 4) is 0 Å². The first-order valence-corrected chi connectivity index (χ1v) is 6.97. The van der Waals surface area contributed by atoms with Gasteiger partial charge in [-0.2, -0.15) is 0 Å². The lowest BCUT2D eigenvalue weighted by Gasteiger charge is -2.26. The summed E-state index contributed by atoms with van der Waals surface area (Å²) in [5, 5.41) is 3.54. The quantitative estimate of drug-likeness (QED) is 0.902. The maximum Gasteiger partial charge on any atom is 0.224 e. The van der Waals surface area contributed by atoms with Gasteiger partial charge in [-0.3, -0.25) is 9.69 Å². The Labute approximate surface area is 118 Å². The molecule has 1 aliphatic heterocycles. The lowest BCUT2D eigenvalue weighted by atomic mass is 10.2. The van der Waals surface area contributed by atoms with Crippen LogP contribution in [0, 0.1) is 0 Å².